The lowest BCUT2D eigenvalue weighted by Crippen LogP contribution is -2.30. The van der Waals surface area contributed by atoms with Gasteiger partial charge in [-0.15, -0.1) is 0 Å². The molecule has 4 rings (SSSR count). The summed E-state index contributed by atoms with van der Waals surface area (Å²) in [5, 5.41) is 10.5. The zero-order valence-electron chi connectivity index (χ0n) is 12.7. The van der Waals surface area contributed by atoms with Crippen LogP contribution in [0.5, 0.6) is 0 Å². The molecular weight excluding hydrogens is 330 g/mol. The van der Waals surface area contributed by atoms with Gasteiger partial charge in [-0.25, -0.2) is 8.42 Å². The van der Waals surface area contributed by atoms with Gasteiger partial charge in [0.15, 0.2) is 0 Å². The third-order valence-corrected chi connectivity index (χ3v) is 5.94. The van der Waals surface area contributed by atoms with Crippen molar-refractivity contribution in [2.24, 2.45) is 0 Å². The summed E-state index contributed by atoms with van der Waals surface area (Å²) in [4.78, 5) is 4.61. The SMILES string of the molecule is O=S(=O)(c1ccccc1)N1CCC[C@@H]1c1nc(-c2ccn[nH]2)no1. The van der Waals surface area contributed by atoms with Crippen LogP contribution in [0, 0.1) is 0 Å². The van der Waals surface area contributed by atoms with E-state index < -0.39 is 16.1 Å². The van der Waals surface area contributed by atoms with Gasteiger partial charge >= 0.3 is 0 Å². The zero-order chi connectivity index (χ0) is 16.6. The second-order valence-corrected chi connectivity index (χ2v) is 7.40. The molecule has 3 aromatic rings. The van der Waals surface area contributed by atoms with Crippen LogP contribution in [0.1, 0.15) is 24.8 Å². The minimum Gasteiger partial charge on any atom is -0.337 e. The highest BCUT2D eigenvalue weighted by molar-refractivity contribution is 7.89. The first kappa shape index (κ1) is 15.0. The number of hydrogen-bond acceptors (Lipinski definition) is 6. The summed E-state index contributed by atoms with van der Waals surface area (Å²) in [6.07, 6.45) is 2.99. The summed E-state index contributed by atoms with van der Waals surface area (Å²) >= 11 is 0. The lowest BCUT2D eigenvalue weighted by atomic mass is 10.2. The van der Waals surface area contributed by atoms with Crippen molar-refractivity contribution < 1.29 is 12.9 Å². The second-order valence-electron chi connectivity index (χ2n) is 5.51. The molecular formula is C15H15N5O3S. The smallest absolute Gasteiger partial charge is 0.245 e. The summed E-state index contributed by atoms with van der Waals surface area (Å²) in [5.41, 5.74) is 0.625. The third-order valence-electron chi connectivity index (χ3n) is 4.02. The average molecular weight is 345 g/mol. The number of hydrogen-bond donors (Lipinski definition) is 1. The van der Waals surface area contributed by atoms with Crippen molar-refractivity contribution >= 4 is 10.0 Å². The van der Waals surface area contributed by atoms with Crippen molar-refractivity contribution in [1.29, 1.82) is 0 Å². The first-order valence-corrected chi connectivity index (χ1v) is 9.00. The summed E-state index contributed by atoms with van der Waals surface area (Å²) in [6, 6.07) is 9.67. The highest BCUT2D eigenvalue weighted by Crippen LogP contribution is 2.36. The minimum atomic E-state index is -3.60. The summed E-state index contributed by atoms with van der Waals surface area (Å²) < 4.78 is 32.5. The van der Waals surface area contributed by atoms with Gasteiger partial charge in [0.1, 0.15) is 11.7 Å². The molecule has 2 aromatic heterocycles. The van der Waals surface area contributed by atoms with Gasteiger partial charge in [-0.3, -0.25) is 5.10 Å². The number of rotatable bonds is 4. The number of aromatic amines is 1. The highest BCUT2D eigenvalue weighted by atomic mass is 32.2. The van der Waals surface area contributed by atoms with Gasteiger partial charge in [-0.1, -0.05) is 23.4 Å². The summed E-state index contributed by atoms with van der Waals surface area (Å²) in [6.45, 7) is 0.434. The van der Waals surface area contributed by atoms with E-state index in [4.69, 9.17) is 4.52 Å². The van der Waals surface area contributed by atoms with Crippen LogP contribution in [-0.2, 0) is 10.0 Å². The molecule has 1 saturated heterocycles. The predicted octanol–water partition coefficient (Wildman–Crippen LogP) is 1.99. The van der Waals surface area contributed by atoms with E-state index in [0.717, 1.165) is 6.42 Å². The van der Waals surface area contributed by atoms with Gasteiger partial charge < -0.3 is 4.52 Å². The molecule has 1 atom stereocenters. The summed E-state index contributed by atoms with van der Waals surface area (Å²) in [7, 11) is -3.60. The topological polar surface area (TPSA) is 105 Å². The Morgan fingerprint density at radius 2 is 2.04 bits per heavy atom. The fourth-order valence-electron chi connectivity index (χ4n) is 2.86. The minimum absolute atomic E-state index is 0.269. The molecule has 0 radical (unpaired) electrons. The molecule has 0 aliphatic carbocycles. The lowest BCUT2D eigenvalue weighted by Gasteiger charge is -2.21. The van der Waals surface area contributed by atoms with Crippen molar-refractivity contribution in [2.45, 2.75) is 23.8 Å². The summed E-state index contributed by atoms with van der Waals surface area (Å²) in [5.74, 6) is 0.670. The number of nitrogens with zero attached hydrogens (tertiary/aromatic N) is 4. The first-order chi connectivity index (χ1) is 11.7. The van der Waals surface area contributed by atoms with E-state index >= 15 is 0 Å². The Kier molecular flexibility index (Phi) is 3.66. The zero-order valence-corrected chi connectivity index (χ0v) is 13.5. The van der Waals surface area contributed by atoms with Crippen LogP contribution in [0.2, 0.25) is 0 Å². The fourth-order valence-corrected chi connectivity index (χ4v) is 4.53. The van der Waals surface area contributed by atoms with Crippen molar-refractivity contribution in [3.63, 3.8) is 0 Å². The van der Waals surface area contributed by atoms with E-state index in [1.165, 1.54) is 4.31 Å². The van der Waals surface area contributed by atoms with Crippen molar-refractivity contribution in [2.75, 3.05) is 6.54 Å². The fraction of sp³-hybridized carbons (Fsp3) is 0.267. The van der Waals surface area contributed by atoms with E-state index in [-0.39, 0.29) is 4.90 Å². The molecule has 1 N–H and O–H groups in total. The maximum absolute atomic E-state index is 12.9. The van der Waals surface area contributed by atoms with Crippen LogP contribution < -0.4 is 0 Å². The molecule has 1 aliphatic rings. The van der Waals surface area contributed by atoms with Gasteiger partial charge in [0.25, 0.3) is 0 Å². The first-order valence-electron chi connectivity index (χ1n) is 7.56. The molecule has 8 nitrogen and oxygen atoms in total. The van der Waals surface area contributed by atoms with Crippen LogP contribution in [0.25, 0.3) is 11.5 Å². The Bertz CT molecular complexity index is 921. The van der Waals surface area contributed by atoms with Crippen LogP contribution in [0.15, 0.2) is 52.0 Å². The van der Waals surface area contributed by atoms with Crippen LogP contribution in [0.4, 0.5) is 0 Å². The van der Waals surface area contributed by atoms with E-state index in [9.17, 15) is 8.42 Å². The van der Waals surface area contributed by atoms with Crippen molar-refractivity contribution in [1.82, 2.24) is 24.6 Å². The van der Waals surface area contributed by atoms with Crippen molar-refractivity contribution in [3.8, 4) is 11.5 Å². The molecule has 1 fully saturated rings. The van der Waals surface area contributed by atoms with Gasteiger partial charge in [0.05, 0.1) is 4.90 Å². The number of nitrogens with one attached hydrogen (secondary N) is 1. The predicted molar refractivity (Wildman–Crippen MR) is 84.2 cm³/mol. The number of aromatic nitrogens is 4. The Labute approximate surface area is 138 Å². The molecule has 0 spiro atoms. The van der Waals surface area contributed by atoms with Gasteiger partial charge in [0.2, 0.25) is 21.7 Å². The van der Waals surface area contributed by atoms with Crippen molar-refractivity contribution in [3.05, 3.63) is 48.5 Å². The van der Waals surface area contributed by atoms with Crippen LogP contribution in [0.3, 0.4) is 0 Å². The quantitative estimate of drug-likeness (QED) is 0.775. The molecule has 0 unspecified atom stereocenters. The molecule has 124 valence electrons. The molecule has 1 aliphatic heterocycles. The Morgan fingerprint density at radius 3 is 2.79 bits per heavy atom. The Balaban J connectivity index is 1.66. The highest BCUT2D eigenvalue weighted by Gasteiger charge is 2.39. The Hall–Kier alpha value is -2.52. The van der Waals surface area contributed by atoms with E-state index in [1.54, 1.807) is 42.6 Å². The molecule has 1 aromatic carbocycles. The monoisotopic (exact) mass is 345 g/mol. The van der Waals surface area contributed by atoms with Crippen LogP contribution in [-0.4, -0.2) is 39.6 Å². The molecule has 0 saturated carbocycles. The van der Waals surface area contributed by atoms with E-state index in [2.05, 4.69) is 20.3 Å². The van der Waals surface area contributed by atoms with E-state index in [0.29, 0.717) is 30.4 Å². The normalized spacial score (nSPS) is 18.9. The maximum atomic E-state index is 12.9. The molecule has 0 amide bonds. The van der Waals surface area contributed by atoms with Crippen LogP contribution >= 0.6 is 0 Å². The standard InChI is InChI=1S/C15H15N5O3S/c21-24(22,11-5-2-1-3-6-11)20-10-4-7-13(20)15-17-14(19-23-15)12-8-9-16-18-12/h1-3,5-6,8-9,13H,4,7,10H2,(H,16,18)/t13-/m1/s1. The molecule has 3 heterocycles. The molecule has 24 heavy (non-hydrogen) atoms. The third kappa shape index (κ3) is 2.51. The van der Waals surface area contributed by atoms with Gasteiger partial charge in [0, 0.05) is 12.7 Å². The lowest BCUT2D eigenvalue weighted by molar-refractivity contribution is 0.290. The number of H-pyrrole nitrogens is 1. The van der Waals surface area contributed by atoms with Gasteiger partial charge in [-0.05, 0) is 31.0 Å². The largest absolute Gasteiger partial charge is 0.337 e. The Morgan fingerprint density at radius 1 is 1.21 bits per heavy atom. The maximum Gasteiger partial charge on any atom is 0.245 e. The molecule has 0 bridgehead atoms. The number of benzene rings is 1. The number of sulfonamides is 1. The van der Waals surface area contributed by atoms with E-state index in [1.807, 2.05) is 0 Å². The average Bonchev–Trinajstić information content (AvgIpc) is 3.34. The van der Waals surface area contributed by atoms with Gasteiger partial charge in [-0.2, -0.15) is 14.4 Å². The second kappa shape index (κ2) is 5.84. The molecule has 9 heteroatoms.